The van der Waals surface area contributed by atoms with Crippen molar-refractivity contribution in [3.63, 3.8) is 0 Å². The summed E-state index contributed by atoms with van der Waals surface area (Å²) in [7, 11) is 1.68. The van der Waals surface area contributed by atoms with Gasteiger partial charge in [-0.25, -0.2) is 4.98 Å². The molecule has 3 aromatic rings. The van der Waals surface area contributed by atoms with Gasteiger partial charge >= 0.3 is 0 Å². The molecule has 0 N–H and O–H groups in total. The molecule has 7 heteroatoms. The van der Waals surface area contributed by atoms with Crippen molar-refractivity contribution in [2.45, 2.75) is 36.7 Å². The van der Waals surface area contributed by atoms with E-state index < -0.39 is 0 Å². The van der Waals surface area contributed by atoms with E-state index in [1.54, 1.807) is 7.11 Å². The number of methoxy groups -OCH3 is 1. The van der Waals surface area contributed by atoms with Gasteiger partial charge in [0.2, 0.25) is 5.91 Å². The number of aryl methyl sites for hydroxylation is 1. The summed E-state index contributed by atoms with van der Waals surface area (Å²) < 4.78 is 7.38. The third kappa shape index (κ3) is 4.15. The van der Waals surface area contributed by atoms with Gasteiger partial charge in [-0.2, -0.15) is 0 Å². The number of nitrogens with zero attached hydrogens (tertiary/aromatic N) is 3. The zero-order valence-electron chi connectivity index (χ0n) is 16.6. The molecule has 1 aromatic heterocycles. The molecule has 1 amide bonds. The molecule has 0 bridgehead atoms. The number of anilines is 1. The third-order valence-corrected chi connectivity index (χ3v) is 6.51. The summed E-state index contributed by atoms with van der Waals surface area (Å²) in [5.41, 5.74) is 4.11. The minimum Gasteiger partial charge on any atom is -0.383 e. The predicted molar refractivity (Wildman–Crippen MR) is 119 cm³/mol. The summed E-state index contributed by atoms with van der Waals surface area (Å²) in [6.45, 7) is 3.96. The van der Waals surface area contributed by atoms with Crippen molar-refractivity contribution in [1.82, 2.24) is 9.55 Å². The summed E-state index contributed by atoms with van der Waals surface area (Å²) in [5, 5.41) is 1.21. The SMILES string of the molecule is COCCn1c(SC(C)C(=O)N2CCCc3ccccc32)nc2cc(Cl)ccc21. The second-order valence-electron chi connectivity index (χ2n) is 7.15. The van der Waals surface area contributed by atoms with Crippen molar-refractivity contribution in [2.75, 3.05) is 25.2 Å². The highest BCUT2D eigenvalue weighted by atomic mass is 35.5. The van der Waals surface area contributed by atoms with E-state index in [4.69, 9.17) is 21.3 Å². The molecule has 0 aliphatic carbocycles. The molecule has 5 nitrogen and oxygen atoms in total. The highest BCUT2D eigenvalue weighted by Gasteiger charge is 2.28. The average Bonchev–Trinajstić information content (AvgIpc) is 3.06. The van der Waals surface area contributed by atoms with Crippen LogP contribution in [0.25, 0.3) is 11.0 Å². The first-order valence-electron chi connectivity index (χ1n) is 9.79. The summed E-state index contributed by atoms with van der Waals surface area (Å²) in [5.74, 6) is 0.116. The van der Waals surface area contributed by atoms with Gasteiger partial charge in [0.05, 0.1) is 22.9 Å². The first-order valence-corrected chi connectivity index (χ1v) is 11.0. The second kappa shape index (κ2) is 8.78. The smallest absolute Gasteiger partial charge is 0.240 e. The van der Waals surface area contributed by atoms with Crippen molar-refractivity contribution in [2.24, 2.45) is 0 Å². The van der Waals surface area contributed by atoms with Crippen LogP contribution in [0.4, 0.5) is 5.69 Å². The van der Waals surface area contributed by atoms with Crippen LogP contribution in [0.2, 0.25) is 5.02 Å². The number of carbonyl (C=O) groups excluding carboxylic acids is 1. The molecule has 1 aliphatic rings. The number of benzene rings is 2. The predicted octanol–water partition coefficient (Wildman–Crippen LogP) is 4.80. The van der Waals surface area contributed by atoms with Crippen LogP contribution in [0, 0.1) is 0 Å². The zero-order chi connectivity index (χ0) is 20.4. The normalized spacial score (nSPS) is 14.8. The Labute approximate surface area is 180 Å². The summed E-state index contributed by atoms with van der Waals surface area (Å²) in [6, 6.07) is 13.9. The molecule has 0 saturated carbocycles. The van der Waals surface area contributed by atoms with Gasteiger partial charge in [0.1, 0.15) is 0 Å². The van der Waals surface area contributed by atoms with Crippen molar-refractivity contribution < 1.29 is 9.53 Å². The molecule has 0 spiro atoms. The van der Waals surface area contributed by atoms with Gasteiger partial charge in [-0.1, -0.05) is 41.6 Å². The van der Waals surface area contributed by atoms with Gasteiger partial charge < -0.3 is 14.2 Å². The van der Waals surface area contributed by atoms with E-state index >= 15 is 0 Å². The van der Waals surface area contributed by atoms with Crippen molar-refractivity contribution in [1.29, 1.82) is 0 Å². The Morgan fingerprint density at radius 1 is 1.31 bits per heavy atom. The van der Waals surface area contributed by atoms with Crippen LogP contribution >= 0.6 is 23.4 Å². The highest BCUT2D eigenvalue weighted by molar-refractivity contribution is 8.00. The van der Waals surface area contributed by atoms with Crippen LogP contribution in [0.5, 0.6) is 0 Å². The number of hydrogen-bond donors (Lipinski definition) is 0. The maximum atomic E-state index is 13.3. The Balaban J connectivity index is 1.60. The van der Waals surface area contributed by atoms with E-state index in [-0.39, 0.29) is 11.2 Å². The molecule has 1 aliphatic heterocycles. The van der Waals surface area contributed by atoms with E-state index in [1.165, 1.54) is 17.3 Å². The molecule has 2 heterocycles. The topological polar surface area (TPSA) is 47.4 Å². The van der Waals surface area contributed by atoms with Gasteiger partial charge in [-0.15, -0.1) is 0 Å². The Morgan fingerprint density at radius 3 is 2.97 bits per heavy atom. The molecule has 1 atom stereocenters. The molecule has 0 radical (unpaired) electrons. The molecule has 152 valence electrons. The van der Waals surface area contributed by atoms with Crippen LogP contribution in [-0.2, 0) is 22.5 Å². The van der Waals surface area contributed by atoms with E-state index in [2.05, 4.69) is 10.6 Å². The summed E-state index contributed by atoms with van der Waals surface area (Å²) in [6.07, 6.45) is 2.01. The molecule has 0 saturated heterocycles. The van der Waals surface area contributed by atoms with Crippen LogP contribution in [0.3, 0.4) is 0 Å². The lowest BCUT2D eigenvalue weighted by Gasteiger charge is -2.31. The number of hydrogen-bond acceptors (Lipinski definition) is 4. The number of fused-ring (bicyclic) bond motifs is 2. The fourth-order valence-corrected chi connectivity index (χ4v) is 4.94. The lowest BCUT2D eigenvalue weighted by molar-refractivity contribution is -0.117. The standard InChI is InChI=1S/C22H24ClN3O2S/c1-15(21(27)25-11-5-7-16-6-3-4-8-19(16)25)29-22-24-18-14-17(23)9-10-20(18)26(22)12-13-28-2/h3-4,6,8-10,14-15H,5,7,11-13H2,1-2H3. The lowest BCUT2D eigenvalue weighted by atomic mass is 10.0. The molecule has 0 fully saturated rings. The van der Waals surface area contributed by atoms with Crippen LogP contribution in [-0.4, -0.2) is 41.0 Å². The average molecular weight is 430 g/mol. The van der Waals surface area contributed by atoms with Crippen molar-refractivity contribution >= 4 is 46.0 Å². The lowest BCUT2D eigenvalue weighted by Crippen LogP contribution is -2.40. The van der Waals surface area contributed by atoms with Gasteiger partial charge in [-0.3, -0.25) is 4.79 Å². The molecular formula is C22H24ClN3O2S. The van der Waals surface area contributed by atoms with Gasteiger partial charge in [0.25, 0.3) is 0 Å². The first-order chi connectivity index (χ1) is 14.1. The zero-order valence-corrected chi connectivity index (χ0v) is 18.2. The van der Waals surface area contributed by atoms with Crippen LogP contribution in [0.15, 0.2) is 47.6 Å². The number of ether oxygens (including phenoxy) is 1. The Kier molecular flexibility index (Phi) is 6.13. The van der Waals surface area contributed by atoms with Gasteiger partial charge in [0.15, 0.2) is 5.16 Å². The largest absolute Gasteiger partial charge is 0.383 e. The van der Waals surface area contributed by atoms with E-state index in [0.717, 1.165) is 41.3 Å². The molecule has 29 heavy (non-hydrogen) atoms. The van der Waals surface area contributed by atoms with Crippen molar-refractivity contribution in [3.8, 4) is 0 Å². The van der Waals surface area contributed by atoms with Crippen LogP contribution in [0.1, 0.15) is 18.9 Å². The third-order valence-electron chi connectivity index (χ3n) is 5.20. The number of rotatable bonds is 6. The van der Waals surface area contributed by atoms with Crippen molar-refractivity contribution in [3.05, 3.63) is 53.1 Å². The maximum absolute atomic E-state index is 13.3. The molecule has 1 unspecified atom stereocenters. The number of amides is 1. The Hall–Kier alpha value is -2.02. The minimum absolute atomic E-state index is 0.116. The number of thioether (sulfide) groups is 1. The first kappa shape index (κ1) is 20.3. The minimum atomic E-state index is -0.255. The maximum Gasteiger partial charge on any atom is 0.240 e. The number of para-hydroxylation sites is 1. The Bertz CT molecular complexity index is 1040. The molecule has 4 rings (SSSR count). The second-order valence-corrected chi connectivity index (χ2v) is 8.90. The molecule has 2 aromatic carbocycles. The highest BCUT2D eigenvalue weighted by Crippen LogP contribution is 2.32. The Morgan fingerprint density at radius 2 is 2.14 bits per heavy atom. The van der Waals surface area contributed by atoms with E-state index in [1.807, 2.05) is 48.2 Å². The van der Waals surface area contributed by atoms with Gasteiger partial charge in [-0.05, 0) is 49.6 Å². The monoisotopic (exact) mass is 429 g/mol. The number of imidazole rings is 1. The number of halogens is 1. The quantitative estimate of drug-likeness (QED) is 0.528. The van der Waals surface area contributed by atoms with E-state index in [0.29, 0.717) is 18.2 Å². The molecular weight excluding hydrogens is 406 g/mol. The summed E-state index contributed by atoms with van der Waals surface area (Å²) in [4.78, 5) is 20.0. The fraction of sp³-hybridized carbons (Fsp3) is 0.364. The number of carbonyl (C=O) groups is 1. The fourth-order valence-electron chi connectivity index (χ4n) is 3.76. The summed E-state index contributed by atoms with van der Waals surface area (Å²) >= 11 is 7.64. The number of aromatic nitrogens is 2. The van der Waals surface area contributed by atoms with Crippen LogP contribution < -0.4 is 4.90 Å². The van der Waals surface area contributed by atoms with Gasteiger partial charge in [0, 0.05) is 30.9 Å². The van der Waals surface area contributed by atoms with E-state index in [9.17, 15) is 4.79 Å².